The zero-order valence-electron chi connectivity index (χ0n) is 16.3. The Balaban J connectivity index is 1.81. The van der Waals surface area contributed by atoms with Gasteiger partial charge in [0.1, 0.15) is 11.5 Å². The highest BCUT2D eigenvalue weighted by Crippen LogP contribution is 2.37. The van der Waals surface area contributed by atoms with Gasteiger partial charge in [-0.05, 0) is 50.1 Å². The van der Waals surface area contributed by atoms with Gasteiger partial charge in [-0.15, -0.1) is 0 Å². The Morgan fingerprint density at radius 2 is 2.20 bits per heavy atom. The number of ketones is 1. The fourth-order valence-corrected chi connectivity index (χ4v) is 3.98. The van der Waals surface area contributed by atoms with Crippen molar-refractivity contribution in [2.24, 2.45) is 0 Å². The molecular formula is C21H20ClN5O3. The number of pyridine rings is 1. The molecule has 154 valence electrons. The third kappa shape index (κ3) is 3.58. The van der Waals surface area contributed by atoms with E-state index in [2.05, 4.69) is 21.5 Å². The van der Waals surface area contributed by atoms with Gasteiger partial charge in [0.15, 0.2) is 11.6 Å². The molecule has 1 fully saturated rings. The number of Topliss-reactive ketones (excluding diaryl/α,β-unsaturated/α-hetero) is 1. The van der Waals surface area contributed by atoms with Crippen LogP contribution in [0.3, 0.4) is 0 Å². The van der Waals surface area contributed by atoms with E-state index in [9.17, 15) is 14.9 Å². The largest absolute Gasteiger partial charge is 0.368 e. The number of hydrogen-bond acceptors (Lipinski definition) is 6. The number of nitrogens with one attached hydrogen (secondary N) is 2. The molecule has 0 saturated carbocycles. The molecule has 2 atom stereocenters. The van der Waals surface area contributed by atoms with Crippen LogP contribution in [0, 0.1) is 11.3 Å². The molecule has 8 nitrogen and oxygen atoms in total. The summed E-state index contributed by atoms with van der Waals surface area (Å²) in [5.41, 5.74) is 0.253. The van der Waals surface area contributed by atoms with Crippen LogP contribution in [0.4, 0.5) is 11.5 Å². The summed E-state index contributed by atoms with van der Waals surface area (Å²) in [4.78, 5) is 27.0. The molecule has 0 radical (unpaired) electrons. The van der Waals surface area contributed by atoms with Crippen LogP contribution < -0.4 is 10.9 Å². The first-order chi connectivity index (χ1) is 14.4. The molecule has 0 bridgehead atoms. The van der Waals surface area contributed by atoms with E-state index in [-0.39, 0.29) is 24.4 Å². The number of aromatic nitrogens is 3. The Morgan fingerprint density at radius 1 is 1.43 bits per heavy atom. The van der Waals surface area contributed by atoms with Gasteiger partial charge in [-0.25, -0.2) is 0 Å². The number of ether oxygens (including phenoxy) is 1. The van der Waals surface area contributed by atoms with Gasteiger partial charge in [0.2, 0.25) is 0 Å². The normalized spacial score (nSPS) is 21.3. The number of halogens is 1. The number of carbonyl (C=O) groups excluding carboxylic acids is 1. The van der Waals surface area contributed by atoms with Gasteiger partial charge < -0.3 is 15.0 Å². The monoisotopic (exact) mass is 425 g/mol. The fourth-order valence-electron chi connectivity index (χ4n) is 3.86. The fraction of sp³-hybridized carbons (Fsp3) is 0.333. The molecule has 2 N–H and O–H groups in total. The van der Waals surface area contributed by atoms with E-state index in [1.807, 2.05) is 0 Å². The predicted octanol–water partition coefficient (Wildman–Crippen LogP) is 3.50. The summed E-state index contributed by atoms with van der Waals surface area (Å²) < 4.78 is 7.50. The zero-order chi connectivity index (χ0) is 21.3. The number of nitriles is 1. The molecule has 4 rings (SSSR count). The van der Waals surface area contributed by atoms with E-state index >= 15 is 0 Å². The van der Waals surface area contributed by atoms with Crippen LogP contribution >= 0.6 is 11.6 Å². The predicted molar refractivity (Wildman–Crippen MR) is 113 cm³/mol. The third-order valence-corrected chi connectivity index (χ3v) is 5.70. The summed E-state index contributed by atoms with van der Waals surface area (Å²) in [6, 6.07) is 11.0. The van der Waals surface area contributed by atoms with Crippen molar-refractivity contribution in [1.29, 1.82) is 5.26 Å². The highest BCUT2D eigenvalue weighted by atomic mass is 35.5. The average molecular weight is 426 g/mol. The number of aromatic amines is 1. The van der Waals surface area contributed by atoms with Crippen molar-refractivity contribution in [3.05, 3.63) is 51.9 Å². The van der Waals surface area contributed by atoms with Gasteiger partial charge in [0, 0.05) is 16.9 Å². The van der Waals surface area contributed by atoms with Gasteiger partial charge in [-0.3, -0.25) is 14.3 Å². The Labute approximate surface area is 177 Å². The first-order valence-electron chi connectivity index (χ1n) is 9.56. The van der Waals surface area contributed by atoms with Gasteiger partial charge in [0.25, 0.3) is 5.56 Å². The van der Waals surface area contributed by atoms with E-state index in [0.29, 0.717) is 34.6 Å². The second-order valence-corrected chi connectivity index (χ2v) is 7.90. The van der Waals surface area contributed by atoms with Crippen LogP contribution in [0.2, 0.25) is 5.02 Å². The van der Waals surface area contributed by atoms with E-state index in [4.69, 9.17) is 16.3 Å². The maximum Gasteiger partial charge on any atom is 0.261 e. The van der Waals surface area contributed by atoms with Crippen molar-refractivity contribution >= 4 is 39.8 Å². The zero-order valence-corrected chi connectivity index (χ0v) is 17.1. The summed E-state index contributed by atoms with van der Waals surface area (Å²) in [7, 11) is 0. The van der Waals surface area contributed by atoms with E-state index in [0.717, 1.165) is 5.69 Å². The van der Waals surface area contributed by atoms with E-state index < -0.39 is 11.6 Å². The van der Waals surface area contributed by atoms with Crippen molar-refractivity contribution in [2.45, 2.75) is 37.8 Å². The number of benzene rings is 1. The number of nitrogens with zero attached hydrogens (tertiary/aromatic N) is 3. The lowest BCUT2D eigenvalue weighted by Gasteiger charge is -2.38. The van der Waals surface area contributed by atoms with Crippen LogP contribution in [0.15, 0.2) is 41.3 Å². The highest BCUT2D eigenvalue weighted by molar-refractivity contribution is 6.30. The number of anilines is 2. The molecule has 3 aromatic rings. The van der Waals surface area contributed by atoms with Crippen molar-refractivity contribution < 1.29 is 9.53 Å². The second kappa shape index (κ2) is 7.94. The summed E-state index contributed by atoms with van der Waals surface area (Å²) >= 11 is 5.96. The smallest absolute Gasteiger partial charge is 0.261 e. The van der Waals surface area contributed by atoms with Crippen LogP contribution in [0.25, 0.3) is 10.9 Å². The van der Waals surface area contributed by atoms with Gasteiger partial charge in [0.05, 0.1) is 30.2 Å². The molecule has 1 aliphatic rings. The van der Waals surface area contributed by atoms with Crippen LogP contribution in [0.1, 0.15) is 26.2 Å². The summed E-state index contributed by atoms with van der Waals surface area (Å²) in [5, 5.41) is 18.4. The van der Waals surface area contributed by atoms with Crippen LogP contribution in [-0.2, 0) is 15.1 Å². The number of fused-ring (bicyclic) bond motifs is 1. The van der Waals surface area contributed by atoms with Crippen molar-refractivity contribution in [3.63, 3.8) is 0 Å². The lowest BCUT2D eigenvalue weighted by molar-refractivity contribution is -0.136. The standard InChI is InChI=1S/C21H20ClN5O3/c1-13(28)17-6-8-21(9-10-23,12-30-17)27-16-7-11-24-20(29)18(16)19(26-27)25-15-4-2-14(22)3-5-15/h2-5,7,11,17H,6,8-9,12H2,1H3,(H,24,29)(H,25,26)/t17-,21-/m0/s1. The second-order valence-electron chi connectivity index (χ2n) is 7.47. The molecule has 0 amide bonds. The van der Waals surface area contributed by atoms with Crippen molar-refractivity contribution in [2.75, 3.05) is 11.9 Å². The quantitative estimate of drug-likeness (QED) is 0.646. The first kappa shape index (κ1) is 20.1. The molecule has 0 spiro atoms. The molecule has 1 aliphatic heterocycles. The maximum absolute atomic E-state index is 12.6. The Bertz CT molecular complexity index is 1180. The van der Waals surface area contributed by atoms with Crippen LogP contribution in [-0.4, -0.2) is 33.3 Å². The molecule has 0 aliphatic carbocycles. The molecule has 1 saturated heterocycles. The van der Waals surface area contributed by atoms with Gasteiger partial charge >= 0.3 is 0 Å². The Kier molecular flexibility index (Phi) is 5.33. The molecule has 0 unspecified atom stereocenters. The molecule has 30 heavy (non-hydrogen) atoms. The maximum atomic E-state index is 12.6. The number of carbonyl (C=O) groups is 1. The highest BCUT2D eigenvalue weighted by Gasteiger charge is 2.41. The minimum atomic E-state index is -0.771. The molecular weight excluding hydrogens is 406 g/mol. The molecule has 3 heterocycles. The number of H-pyrrole nitrogens is 1. The Morgan fingerprint density at radius 3 is 2.83 bits per heavy atom. The van der Waals surface area contributed by atoms with Gasteiger partial charge in [-0.2, -0.15) is 10.4 Å². The van der Waals surface area contributed by atoms with Gasteiger partial charge in [-0.1, -0.05) is 11.6 Å². The minimum absolute atomic E-state index is 0.0348. The third-order valence-electron chi connectivity index (χ3n) is 5.45. The summed E-state index contributed by atoms with van der Waals surface area (Å²) in [5.74, 6) is 0.340. The molecule has 1 aromatic carbocycles. The van der Waals surface area contributed by atoms with Crippen LogP contribution in [0.5, 0.6) is 0 Å². The molecule has 2 aromatic heterocycles. The summed E-state index contributed by atoms with van der Waals surface area (Å²) in [6.45, 7) is 1.66. The Hall–Kier alpha value is -3.15. The lowest BCUT2D eigenvalue weighted by Crippen LogP contribution is -2.46. The lowest BCUT2D eigenvalue weighted by atomic mass is 9.86. The first-order valence-corrected chi connectivity index (χ1v) is 9.94. The number of hydrogen-bond donors (Lipinski definition) is 2. The molecule has 9 heteroatoms. The van der Waals surface area contributed by atoms with E-state index in [1.165, 1.54) is 6.92 Å². The topological polar surface area (TPSA) is 113 Å². The average Bonchev–Trinajstić information content (AvgIpc) is 3.10. The van der Waals surface area contributed by atoms with Crippen molar-refractivity contribution in [3.8, 4) is 6.07 Å². The minimum Gasteiger partial charge on any atom is -0.368 e. The van der Waals surface area contributed by atoms with E-state index in [1.54, 1.807) is 41.2 Å². The van der Waals surface area contributed by atoms with Crippen molar-refractivity contribution in [1.82, 2.24) is 14.8 Å². The number of rotatable bonds is 5. The SMILES string of the molecule is CC(=O)[C@@H]1CC[C@@](CC#N)(n2nc(Nc3ccc(Cl)cc3)c3c(=O)[nH]ccc32)CO1. The summed E-state index contributed by atoms with van der Waals surface area (Å²) in [6.07, 6.45) is 2.24.